The lowest BCUT2D eigenvalue weighted by Gasteiger charge is -2.30. The Morgan fingerprint density at radius 1 is 1.26 bits per heavy atom. The predicted molar refractivity (Wildman–Crippen MR) is 106 cm³/mol. The third kappa shape index (κ3) is 6.15. The molecule has 2 rings (SSSR count). The highest BCUT2D eigenvalue weighted by Gasteiger charge is 2.27. The Hall–Kier alpha value is -1.71. The molecule has 0 bridgehead atoms. The number of sulfonamides is 1. The molecule has 3 N–H and O–H groups in total. The van der Waals surface area contributed by atoms with Crippen molar-refractivity contribution >= 4 is 21.4 Å². The summed E-state index contributed by atoms with van der Waals surface area (Å²) < 4.78 is 27.5. The second kappa shape index (κ2) is 8.53. The molecule has 9 heteroatoms. The number of quaternary nitrogens is 1. The van der Waals surface area contributed by atoms with Gasteiger partial charge < -0.3 is 10.2 Å². The molecule has 1 aromatic rings. The molecule has 0 unspecified atom stereocenters. The normalized spacial score (nSPS) is 21.0. The van der Waals surface area contributed by atoms with Crippen molar-refractivity contribution in [3.05, 3.63) is 28.3 Å². The van der Waals surface area contributed by atoms with Crippen molar-refractivity contribution in [3.8, 4) is 0 Å². The molecule has 0 radical (unpaired) electrons. The van der Waals surface area contributed by atoms with Crippen molar-refractivity contribution in [1.82, 2.24) is 4.72 Å². The summed E-state index contributed by atoms with van der Waals surface area (Å²) in [5.74, 6) is 0. The van der Waals surface area contributed by atoms with Crippen LogP contribution in [0.25, 0.3) is 0 Å². The number of nitrogens with zero attached hydrogens (tertiary/aromatic N) is 1. The molecule has 0 aromatic heterocycles. The molecule has 0 amide bonds. The first-order valence-corrected chi connectivity index (χ1v) is 10.9. The molecule has 152 valence electrons. The minimum absolute atomic E-state index is 0.100. The monoisotopic (exact) mass is 399 g/mol. The van der Waals surface area contributed by atoms with Crippen LogP contribution in [0.5, 0.6) is 0 Å². The fourth-order valence-corrected chi connectivity index (χ4v) is 4.85. The van der Waals surface area contributed by atoms with Gasteiger partial charge in [-0.15, -0.1) is 0 Å². The van der Waals surface area contributed by atoms with Gasteiger partial charge in [0.1, 0.15) is 5.69 Å². The number of nitrogens with one attached hydrogen (secondary N) is 3. The van der Waals surface area contributed by atoms with E-state index in [0.717, 1.165) is 45.0 Å². The van der Waals surface area contributed by atoms with Crippen LogP contribution in [0.2, 0.25) is 0 Å². The highest BCUT2D eigenvalue weighted by molar-refractivity contribution is 7.89. The molecule has 0 aliphatic carbocycles. The average molecular weight is 400 g/mol. The summed E-state index contributed by atoms with van der Waals surface area (Å²) in [6.45, 7) is 10.6. The number of hydrogen-bond donors (Lipinski definition) is 3. The summed E-state index contributed by atoms with van der Waals surface area (Å²) in [5, 5.41) is 14.8. The molecule has 8 nitrogen and oxygen atoms in total. The number of likely N-dealkylation sites (tertiary alicyclic amines) is 1. The summed E-state index contributed by atoms with van der Waals surface area (Å²) in [6.07, 6.45) is 3.04. The number of benzene rings is 1. The molecule has 1 saturated heterocycles. The summed E-state index contributed by atoms with van der Waals surface area (Å²) in [7, 11) is -3.82. The number of nitro benzene ring substituents is 1. The van der Waals surface area contributed by atoms with Crippen molar-refractivity contribution in [3.63, 3.8) is 0 Å². The number of piperidine rings is 1. The Labute approximate surface area is 161 Å². The van der Waals surface area contributed by atoms with Crippen LogP contribution >= 0.6 is 0 Å². The van der Waals surface area contributed by atoms with E-state index in [2.05, 4.69) is 17.0 Å². The van der Waals surface area contributed by atoms with Gasteiger partial charge in [0.05, 0.1) is 29.5 Å². The van der Waals surface area contributed by atoms with Crippen molar-refractivity contribution in [1.29, 1.82) is 0 Å². The first kappa shape index (κ1) is 21.6. The first-order chi connectivity index (χ1) is 12.5. The highest BCUT2D eigenvalue weighted by atomic mass is 32.2. The second-order valence-corrected chi connectivity index (χ2v) is 9.89. The zero-order valence-electron chi connectivity index (χ0n) is 16.5. The van der Waals surface area contributed by atoms with Crippen molar-refractivity contribution in [2.24, 2.45) is 0 Å². The topological polar surface area (TPSA) is 106 Å². The summed E-state index contributed by atoms with van der Waals surface area (Å²) in [6, 6.07) is 4.22. The van der Waals surface area contributed by atoms with Gasteiger partial charge in [0, 0.05) is 30.5 Å². The van der Waals surface area contributed by atoms with Gasteiger partial charge in [-0.1, -0.05) is 6.92 Å². The number of rotatable bonds is 7. The van der Waals surface area contributed by atoms with E-state index in [1.54, 1.807) is 25.7 Å². The van der Waals surface area contributed by atoms with E-state index < -0.39 is 20.5 Å². The lowest BCUT2D eigenvalue weighted by Crippen LogP contribution is -3.13. The molecule has 0 spiro atoms. The molecule has 1 aliphatic heterocycles. The quantitative estimate of drug-likeness (QED) is 0.476. The van der Waals surface area contributed by atoms with E-state index in [-0.39, 0.29) is 16.6 Å². The smallest absolute Gasteiger partial charge is 0.293 e. The molecule has 1 fully saturated rings. The number of hydrogen-bond acceptors (Lipinski definition) is 5. The first-order valence-electron chi connectivity index (χ1n) is 9.44. The van der Waals surface area contributed by atoms with Crippen molar-refractivity contribution in [2.45, 2.75) is 63.4 Å². The largest absolute Gasteiger partial charge is 0.376 e. The number of anilines is 1. The van der Waals surface area contributed by atoms with Crippen molar-refractivity contribution in [2.75, 3.05) is 25.0 Å². The van der Waals surface area contributed by atoms with Crippen LogP contribution in [0.15, 0.2) is 23.1 Å². The highest BCUT2D eigenvalue weighted by Crippen LogP contribution is 2.29. The maximum atomic E-state index is 12.5. The van der Waals surface area contributed by atoms with Crippen LogP contribution in [0.3, 0.4) is 0 Å². The standard InChI is InChI=1S/C18H30N4O4S/c1-5-10-21-11-8-14(9-12-21)19-16-7-6-15(13-17(16)22(23)24)27(25,26)20-18(2,3)4/h6-7,13-14,19-20H,5,8-12H2,1-4H3/p+1. The SMILES string of the molecule is CCC[NH+]1CCC(Nc2ccc(S(=O)(=O)NC(C)(C)C)cc2[N+](=O)[O-])CC1. The molecule has 27 heavy (non-hydrogen) atoms. The Balaban J connectivity index is 2.18. The van der Waals surface area contributed by atoms with E-state index in [9.17, 15) is 18.5 Å². The van der Waals surface area contributed by atoms with Crippen LogP contribution < -0.4 is 14.9 Å². The minimum Gasteiger partial charge on any atom is -0.376 e. The van der Waals surface area contributed by atoms with E-state index in [1.807, 2.05) is 0 Å². The lowest BCUT2D eigenvalue weighted by atomic mass is 10.0. The fourth-order valence-electron chi connectivity index (χ4n) is 3.41. The Kier molecular flexibility index (Phi) is 6.82. The van der Waals surface area contributed by atoms with Crippen LogP contribution in [0.4, 0.5) is 11.4 Å². The molecule has 1 aliphatic rings. The molecule has 1 aromatic carbocycles. The van der Waals surface area contributed by atoms with Crippen LogP contribution in [0, 0.1) is 10.1 Å². The third-order valence-corrected chi connectivity index (χ3v) is 6.33. The maximum absolute atomic E-state index is 12.5. The van der Waals surface area contributed by atoms with Crippen molar-refractivity contribution < 1.29 is 18.2 Å². The molecule has 1 heterocycles. The maximum Gasteiger partial charge on any atom is 0.293 e. The zero-order valence-corrected chi connectivity index (χ0v) is 17.4. The predicted octanol–water partition coefficient (Wildman–Crippen LogP) is 1.54. The van der Waals surface area contributed by atoms with Gasteiger partial charge in [0.2, 0.25) is 10.0 Å². The minimum atomic E-state index is -3.82. The summed E-state index contributed by atoms with van der Waals surface area (Å²) in [4.78, 5) is 12.4. The van der Waals surface area contributed by atoms with Gasteiger partial charge in [-0.3, -0.25) is 10.1 Å². The van der Waals surface area contributed by atoms with Gasteiger partial charge in [-0.2, -0.15) is 0 Å². The van der Waals surface area contributed by atoms with Crippen LogP contribution in [0.1, 0.15) is 47.0 Å². The van der Waals surface area contributed by atoms with E-state index in [4.69, 9.17) is 0 Å². The Morgan fingerprint density at radius 2 is 1.89 bits per heavy atom. The zero-order chi connectivity index (χ0) is 20.2. The fraction of sp³-hybridized carbons (Fsp3) is 0.667. The van der Waals surface area contributed by atoms with Crippen LogP contribution in [-0.4, -0.2) is 44.6 Å². The second-order valence-electron chi connectivity index (χ2n) is 8.21. The van der Waals surface area contributed by atoms with E-state index in [0.29, 0.717) is 5.69 Å². The summed E-state index contributed by atoms with van der Waals surface area (Å²) >= 11 is 0. The van der Waals surface area contributed by atoms with Gasteiger partial charge >= 0.3 is 0 Å². The Morgan fingerprint density at radius 3 is 2.41 bits per heavy atom. The summed E-state index contributed by atoms with van der Waals surface area (Å²) in [5.41, 5.74) is -0.506. The average Bonchev–Trinajstić information content (AvgIpc) is 2.54. The molecular formula is C18H31N4O4S+. The molecular weight excluding hydrogens is 368 g/mol. The molecule has 0 saturated carbocycles. The van der Waals surface area contributed by atoms with Gasteiger partial charge in [-0.05, 0) is 39.3 Å². The van der Waals surface area contributed by atoms with E-state index >= 15 is 0 Å². The van der Waals surface area contributed by atoms with Gasteiger partial charge in [0.15, 0.2) is 0 Å². The molecule has 0 atom stereocenters. The lowest BCUT2D eigenvalue weighted by molar-refractivity contribution is -0.905. The van der Waals surface area contributed by atoms with Crippen LogP contribution in [-0.2, 0) is 10.0 Å². The Bertz CT molecular complexity index is 766. The van der Waals surface area contributed by atoms with Gasteiger partial charge in [-0.25, -0.2) is 13.1 Å². The third-order valence-electron chi connectivity index (χ3n) is 4.57. The van der Waals surface area contributed by atoms with Gasteiger partial charge in [0.25, 0.3) is 5.69 Å². The van der Waals surface area contributed by atoms with E-state index in [1.165, 1.54) is 12.1 Å². The number of nitro groups is 1.